The molecule has 1 atom stereocenters. The van der Waals surface area contributed by atoms with Gasteiger partial charge in [0.25, 0.3) is 0 Å². The fourth-order valence-corrected chi connectivity index (χ4v) is 3.37. The van der Waals surface area contributed by atoms with Crippen LogP contribution in [0, 0.1) is 0 Å². The first-order chi connectivity index (χ1) is 13.0. The molecule has 1 unspecified atom stereocenters. The number of furan rings is 1. The lowest BCUT2D eigenvalue weighted by Crippen LogP contribution is -2.45. The fraction of sp³-hybridized carbons (Fsp3) is 0.450. The number of hydrogen-bond donors (Lipinski definition) is 1. The predicted molar refractivity (Wildman–Crippen MR) is 102 cm³/mol. The number of rotatable bonds is 6. The van der Waals surface area contributed by atoms with Crippen LogP contribution in [0.4, 0.5) is 4.79 Å². The zero-order valence-corrected chi connectivity index (χ0v) is 16.3. The van der Waals surface area contributed by atoms with E-state index >= 15 is 0 Å². The second kappa shape index (κ2) is 8.35. The summed E-state index contributed by atoms with van der Waals surface area (Å²) < 4.78 is 16.2. The van der Waals surface area contributed by atoms with Gasteiger partial charge in [0.2, 0.25) is 0 Å². The minimum Gasteiger partial charge on any atom is -0.493 e. The first kappa shape index (κ1) is 19.1. The topological polar surface area (TPSA) is 67.2 Å². The van der Waals surface area contributed by atoms with E-state index < -0.39 is 0 Å². The summed E-state index contributed by atoms with van der Waals surface area (Å²) in [6.45, 7) is 1.70. The molecule has 0 radical (unpaired) electrons. The normalized spacial score (nSPS) is 14.6. The number of fused-ring (bicyclic) bond motifs is 1. The van der Waals surface area contributed by atoms with Crippen LogP contribution in [0.5, 0.6) is 11.5 Å². The Kier molecular flexibility index (Phi) is 5.91. The maximum Gasteiger partial charge on any atom is 0.317 e. The van der Waals surface area contributed by atoms with Gasteiger partial charge in [-0.3, -0.25) is 4.90 Å². The second-order valence-electron chi connectivity index (χ2n) is 6.83. The average molecular weight is 373 g/mol. The molecule has 3 rings (SSSR count). The van der Waals surface area contributed by atoms with E-state index in [-0.39, 0.29) is 12.1 Å². The fourth-order valence-electron chi connectivity index (χ4n) is 3.37. The number of carbonyl (C=O) groups is 1. The van der Waals surface area contributed by atoms with Crippen LogP contribution >= 0.6 is 0 Å². The minimum atomic E-state index is -0.0751. The maximum atomic E-state index is 12.7. The Morgan fingerprint density at radius 1 is 1.26 bits per heavy atom. The van der Waals surface area contributed by atoms with E-state index in [0.29, 0.717) is 25.4 Å². The third kappa shape index (κ3) is 4.19. The summed E-state index contributed by atoms with van der Waals surface area (Å²) in [6, 6.07) is 7.66. The van der Waals surface area contributed by atoms with Crippen LogP contribution in [0.3, 0.4) is 0 Å². The van der Waals surface area contributed by atoms with Crippen molar-refractivity contribution in [3.63, 3.8) is 0 Å². The number of carbonyl (C=O) groups excluding carboxylic acids is 1. The maximum absolute atomic E-state index is 12.7. The van der Waals surface area contributed by atoms with Gasteiger partial charge in [0.15, 0.2) is 11.5 Å². The van der Waals surface area contributed by atoms with Crippen LogP contribution in [0.2, 0.25) is 0 Å². The van der Waals surface area contributed by atoms with Crippen molar-refractivity contribution in [2.75, 3.05) is 41.4 Å². The van der Waals surface area contributed by atoms with E-state index in [1.54, 1.807) is 20.5 Å². The zero-order chi connectivity index (χ0) is 19.4. The van der Waals surface area contributed by atoms with Gasteiger partial charge in [-0.2, -0.15) is 0 Å². The molecule has 0 fully saturated rings. The van der Waals surface area contributed by atoms with Crippen molar-refractivity contribution in [1.82, 2.24) is 15.1 Å². The highest BCUT2D eigenvalue weighted by Gasteiger charge is 2.24. The summed E-state index contributed by atoms with van der Waals surface area (Å²) in [5.74, 6) is 2.24. The second-order valence-corrected chi connectivity index (χ2v) is 6.83. The van der Waals surface area contributed by atoms with E-state index in [4.69, 9.17) is 13.9 Å². The largest absolute Gasteiger partial charge is 0.493 e. The molecule has 1 aromatic heterocycles. The standard InChI is InChI=1S/C20H27N3O4/c1-22(2)16(17-6-5-9-27-17)12-21-20(24)23-8-7-14-10-18(25-3)19(26-4)11-15(14)13-23/h5-6,9-11,16H,7-8,12-13H2,1-4H3,(H,21,24). The van der Waals surface area contributed by atoms with E-state index in [2.05, 4.69) is 5.32 Å². The summed E-state index contributed by atoms with van der Waals surface area (Å²) in [7, 11) is 7.19. The molecule has 146 valence electrons. The lowest BCUT2D eigenvalue weighted by Gasteiger charge is -2.31. The molecular formula is C20H27N3O4. The van der Waals surface area contributed by atoms with Crippen molar-refractivity contribution in [3.8, 4) is 11.5 Å². The van der Waals surface area contributed by atoms with Crippen molar-refractivity contribution < 1.29 is 18.7 Å². The summed E-state index contributed by atoms with van der Waals surface area (Å²) >= 11 is 0. The lowest BCUT2D eigenvalue weighted by molar-refractivity contribution is 0.184. The molecule has 2 heterocycles. The van der Waals surface area contributed by atoms with Gasteiger partial charge in [-0.1, -0.05) is 0 Å². The number of benzene rings is 1. The molecule has 7 heteroatoms. The molecule has 1 aliphatic rings. The smallest absolute Gasteiger partial charge is 0.317 e. The van der Waals surface area contributed by atoms with Crippen LogP contribution in [-0.4, -0.2) is 57.2 Å². The highest BCUT2D eigenvalue weighted by Crippen LogP contribution is 2.33. The van der Waals surface area contributed by atoms with Gasteiger partial charge in [0, 0.05) is 19.6 Å². The number of urea groups is 1. The molecular weight excluding hydrogens is 346 g/mol. The Morgan fingerprint density at radius 2 is 1.96 bits per heavy atom. The molecule has 2 amide bonds. The van der Waals surface area contributed by atoms with Gasteiger partial charge in [0.1, 0.15) is 5.76 Å². The van der Waals surface area contributed by atoms with Gasteiger partial charge in [-0.15, -0.1) is 0 Å². The Hall–Kier alpha value is -2.67. The van der Waals surface area contributed by atoms with Crippen LogP contribution in [0.1, 0.15) is 22.9 Å². The molecule has 1 aliphatic heterocycles. The van der Waals surface area contributed by atoms with E-state index in [9.17, 15) is 4.79 Å². The van der Waals surface area contributed by atoms with Gasteiger partial charge in [-0.05, 0) is 55.9 Å². The zero-order valence-electron chi connectivity index (χ0n) is 16.3. The molecule has 1 N–H and O–H groups in total. The van der Waals surface area contributed by atoms with E-state index in [1.165, 1.54) is 5.56 Å². The van der Waals surface area contributed by atoms with Crippen molar-refractivity contribution in [2.24, 2.45) is 0 Å². The Labute approximate surface area is 159 Å². The highest BCUT2D eigenvalue weighted by molar-refractivity contribution is 5.74. The first-order valence-corrected chi connectivity index (χ1v) is 9.00. The Morgan fingerprint density at radius 3 is 2.56 bits per heavy atom. The highest BCUT2D eigenvalue weighted by atomic mass is 16.5. The molecule has 0 spiro atoms. The third-order valence-electron chi connectivity index (χ3n) is 4.95. The summed E-state index contributed by atoms with van der Waals surface area (Å²) in [6.07, 6.45) is 2.44. The minimum absolute atomic E-state index is 0.00891. The van der Waals surface area contributed by atoms with Gasteiger partial charge >= 0.3 is 6.03 Å². The van der Waals surface area contributed by atoms with E-state index in [1.807, 2.05) is 48.2 Å². The average Bonchev–Trinajstić information content (AvgIpc) is 3.20. The molecule has 0 aliphatic carbocycles. The molecule has 1 aromatic carbocycles. The van der Waals surface area contributed by atoms with Crippen molar-refractivity contribution >= 4 is 6.03 Å². The SMILES string of the molecule is COc1cc2c(cc1OC)CN(C(=O)NCC(c1ccco1)N(C)C)CC2. The Bertz CT molecular complexity index is 774. The van der Waals surface area contributed by atoms with Gasteiger partial charge in [0.05, 0.1) is 26.5 Å². The van der Waals surface area contributed by atoms with Gasteiger partial charge < -0.3 is 24.1 Å². The number of likely N-dealkylation sites (N-methyl/N-ethyl adjacent to an activating group) is 1. The summed E-state index contributed by atoms with van der Waals surface area (Å²) in [4.78, 5) is 16.5. The number of hydrogen-bond acceptors (Lipinski definition) is 5. The monoisotopic (exact) mass is 373 g/mol. The molecule has 7 nitrogen and oxygen atoms in total. The van der Waals surface area contributed by atoms with Crippen molar-refractivity contribution in [2.45, 2.75) is 19.0 Å². The van der Waals surface area contributed by atoms with Gasteiger partial charge in [-0.25, -0.2) is 4.79 Å². The quantitative estimate of drug-likeness (QED) is 0.843. The first-order valence-electron chi connectivity index (χ1n) is 9.00. The number of amides is 2. The summed E-state index contributed by atoms with van der Waals surface area (Å²) in [5, 5.41) is 3.03. The molecule has 0 saturated heterocycles. The van der Waals surface area contributed by atoms with Crippen LogP contribution < -0.4 is 14.8 Å². The lowest BCUT2D eigenvalue weighted by atomic mass is 9.99. The van der Waals surface area contributed by atoms with Crippen LogP contribution in [0.25, 0.3) is 0 Å². The molecule has 0 bridgehead atoms. The number of nitrogens with one attached hydrogen (secondary N) is 1. The predicted octanol–water partition coefficient (Wildman–Crippen LogP) is 2.67. The number of methoxy groups -OCH3 is 2. The van der Waals surface area contributed by atoms with Crippen molar-refractivity contribution in [1.29, 1.82) is 0 Å². The summed E-state index contributed by atoms with van der Waals surface area (Å²) in [5.41, 5.74) is 2.28. The van der Waals surface area contributed by atoms with Crippen LogP contribution in [-0.2, 0) is 13.0 Å². The van der Waals surface area contributed by atoms with Crippen molar-refractivity contribution in [3.05, 3.63) is 47.4 Å². The molecule has 2 aromatic rings. The number of ether oxygens (including phenoxy) is 2. The third-order valence-corrected chi connectivity index (χ3v) is 4.95. The molecule has 0 saturated carbocycles. The van der Waals surface area contributed by atoms with Crippen LogP contribution in [0.15, 0.2) is 34.9 Å². The number of nitrogens with zero attached hydrogens (tertiary/aromatic N) is 2. The molecule has 27 heavy (non-hydrogen) atoms. The Balaban J connectivity index is 1.65. The van der Waals surface area contributed by atoms with E-state index in [0.717, 1.165) is 23.5 Å².